The monoisotopic (exact) mass is 533 g/mol. The molecular formula is C25H24F5N7O. The van der Waals surface area contributed by atoms with Crippen LogP contribution in [-0.4, -0.2) is 50.2 Å². The molecule has 1 amide bonds. The number of hydrogen-bond donors (Lipinski definition) is 0. The average Bonchev–Trinajstić information content (AvgIpc) is 3.30. The van der Waals surface area contributed by atoms with Gasteiger partial charge in [0.25, 0.3) is 5.92 Å². The largest absolute Gasteiger partial charge is 0.451 e. The lowest BCUT2D eigenvalue weighted by Gasteiger charge is -2.40. The highest BCUT2D eigenvalue weighted by Gasteiger charge is 2.41. The van der Waals surface area contributed by atoms with Gasteiger partial charge < -0.3 is 14.4 Å². The zero-order valence-electron chi connectivity index (χ0n) is 20.6. The number of carbonyl (C=O) groups excluding carboxylic acids is 1. The van der Waals surface area contributed by atoms with E-state index in [0.29, 0.717) is 41.7 Å². The van der Waals surface area contributed by atoms with Gasteiger partial charge in [-0.1, -0.05) is 19.1 Å². The predicted octanol–water partition coefficient (Wildman–Crippen LogP) is 4.33. The van der Waals surface area contributed by atoms with Crippen molar-refractivity contribution >= 4 is 22.5 Å². The van der Waals surface area contributed by atoms with Gasteiger partial charge in [0.15, 0.2) is 5.82 Å². The molecule has 0 radical (unpaired) electrons. The van der Waals surface area contributed by atoms with Crippen LogP contribution in [-0.2, 0) is 30.0 Å². The first-order chi connectivity index (χ1) is 17.9. The summed E-state index contributed by atoms with van der Waals surface area (Å²) in [6.07, 6.45) is -2.79. The van der Waals surface area contributed by atoms with E-state index in [-0.39, 0.29) is 48.8 Å². The number of hydrogen-bond acceptors (Lipinski definition) is 6. The zero-order chi connectivity index (χ0) is 27.4. The molecule has 2 aliphatic heterocycles. The number of rotatable bonds is 3. The second-order valence-corrected chi connectivity index (χ2v) is 9.92. The Morgan fingerprint density at radius 3 is 2.55 bits per heavy atom. The molecule has 1 fully saturated rings. The van der Waals surface area contributed by atoms with Crippen molar-refractivity contribution in [2.24, 2.45) is 11.8 Å². The smallest absolute Gasteiger partial charge is 0.370 e. The molecule has 0 unspecified atom stereocenters. The van der Waals surface area contributed by atoms with E-state index in [1.54, 1.807) is 6.07 Å². The summed E-state index contributed by atoms with van der Waals surface area (Å²) in [6.45, 7) is 3.62. The number of anilines is 1. The predicted molar refractivity (Wildman–Crippen MR) is 126 cm³/mol. The standard InChI is InChI=1S/C25H24F5N7O/c1-14-12-35(21-15(10-31)11-32-19-9-16(24(2,26)27)3-4-18(19)21)6-5-17(14)22(38)36-7-8-37-20(13-36)33-34-23(37)25(28,29)30/h3-4,9,11,14,17H,5-8,12-13H2,1-2H3/t14-,17+/m1/s1. The number of nitriles is 1. The molecule has 0 bridgehead atoms. The number of benzene rings is 1. The van der Waals surface area contributed by atoms with Gasteiger partial charge >= 0.3 is 6.18 Å². The van der Waals surface area contributed by atoms with Crippen molar-refractivity contribution in [2.45, 2.75) is 45.5 Å². The molecule has 200 valence electrons. The SMILES string of the molecule is C[C@@H]1CN(c2c(C#N)cnc3cc(C(C)(F)F)ccc23)CC[C@@H]1C(=O)N1CCn2c(nnc2C(F)(F)F)C1. The number of halogens is 5. The highest BCUT2D eigenvalue weighted by atomic mass is 19.4. The Labute approximate surface area is 214 Å². The lowest BCUT2D eigenvalue weighted by atomic mass is 9.85. The molecule has 2 atom stereocenters. The fourth-order valence-electron chi connectivity index (χ4n) is 5.38. The summed E-state index contributed by atoms with van der Waals surface area (Å²) < 4.78 is 68.1. The second-order valence-electron chi connectivity index (χ2n) is 9.92. The van der Waals surface area contributed by atoms with Gasteiger partial charge in [0.05, 0.1) is 23.3 Å². The third kappa shape index (κ3) is 4.52. The summed E-state index contributed by atoms with van der Waals surface area (Å²) in [5, 5.41) is 17.2. The van der Waals surface area contributed by atoms with Crippen molar-refractivity contribution in [2.75, 3.05) is 24.5 Å². The van der Waals surface area contributed by atoms with Crippen LogP contribution in [0.3, 0.4) is 0 Å². The van der Waals surface area contributed by atoms with Gasteiger partial charge in [-0.15, -0.1) is 10.2 Å². The summed E-state index contributed by atoms with van der Waals surface area (Å²) in [4.78, 5) is 21.1. The van der Waals surface area contributed by atoms with Crippen LogP contribution in [0.4, 0.5) is 27.6 Å². The first kappa shape index (κ1) is 25.8. The molecule has 8 nitrogen and oxygen atoms in total. The molecule has 1 aromatic carbocycles. The first-order valence-electron chi connectivity index (χ1n) is 12.1. The van der Waals surface area contributed by atoms with Gasteiger partial charge in [-0.05, 0) is 18.4 Å². The average molecular weight is 534 g/mol. The van der Waals surface area contributed by atoms with Gasteiger partial charge in [0.1, 0.15) is 6.07 Å². The number of nitrogens with zero attached hydrogens (tertiary/aromatic N) is 7. The second kappa shape index (κ2) is 9.18. The van der Waals surface area contributed by atoms with Gasteiger partial charge in [0.2, 0.25) is 11.7 Å². The quantitative estimate of drug-likeness (QED) is 0.466. The fraction of sp³-hybridized carbons (Fsp3) is 0.480. The Hall–Kier alpha value is -3.82. The summed E-state index contributed by atoms with van der Waals surface area (Å²) in [6, 6.07) is 6.32. The maximum Gasteiger partial charge on any atom is 0.451 e. The van der Waals surface area contributed by atoms with E-state index in [1.807, 2.05) is 11.8 Å². The van der Waals surface area contributed by atoms with E-state index in [0.717, 1.165) is 11.5 Å². The van der Waals surface area contributed by atoms with Gasteiger partial charge in [-0.2, -0.15) is 18.4 Å². The van der Waals surface area contributed by atoms with Crippen molar-refractivity contribution < 1.29 is 26.7 Å². The van der Waals surface area contributed by atoms with Gasteiger partial charge in [-0.25, -0.2) is 8.78 Å². The minimum absolute atomic E-state index is 0.0382. The molecule has 4 heterocycles. The van der Waals surface area contributed by atoms with Crippen LogP contribution in [0.1, 0.15) is 43.0 Å². The normalized spacial score (nSPS) is 20.4. The third-order valence-corrected chi connectivity index (χ3v) is 7.33. The topological polar surface area (TPSA) is 90.9 Å². The van der Waals surface area contributed by atoms with Crippen molar-refractivity contribution in [1.29, 1.82) is 5.26 Å². The number of aromatic nitrogens is 4. The summed E-state index contributed by atoms with van der Waals surface area (Å²) >= 11 is 0. The Morgan fingerprint density at radius 1 is 1.13 bits per heavy atom. The van der Waals surface area contributed by atoms with E-state index in [1.165, 1.54) is 23.2 Å². The van der Waals surface area contributed by atoms with Crippen molar-refractivity contribution in [3.8, 4) is 6.07 Å². The first-order valence-corrected chi connectivity index (χ1v) is 12.1. The van der Waals surface area contributed by atoms with E-state index in [9.17, 15) is 32.0 Å². The lowest BCUT2D eigenvalue weighted by molar-refractivity contribution is -0.148. The summed E-state index contributed by atoms with van der Waals surface area (Å²) in [7, 11) is 0. The van der Waals surface area contributed by atoms with Crippen LogP contribution in [0.2, 0.25) is 0 Å². The number of alkyl halides is 5. The molecule has 13 heteroatoms. The molecule has 0 spiro atoms. The summed E-state index contributed by atoms with van der Waals surface area (Å²) in [5.74, 6) is -4.67. The third-order valence-electron chi connectivity index (χ3n) is 7.33. The lowest BCUT2D eigenvalue weighted by Crippen LogP contribution is -2.49. The van der Waals surface area contributed by atoms with Crippen LogP contribution < -0.4 is 4.90 Å². The molecule has 38 heavy (non-hydrogen) atoms. The van der Waals surface area contributed by atoms with Crippen LogP contribution >= 0.6 is 0 Å². The molecule has 0 N–H and O–H groups in total. The Kier molecular flexibility index (Phi) is 6.24. The molecule has 1 saturated heterocycles. The van der Waals surface area contributed by atoms with Crippen molar-refractivity contribution in [3.05, 3.63) is 47.2 Å². The number of piperidine rings is 1. The van der Waals surface area contributed by atoms with Crippen LogP contribution in [0.5, 0.6) is 0 Å². The van der Waals surface area contributed by atoms with E-state index >= 15 is 0 Å². The maximum absolute atomic E-state index is 13.9. The Bertz CT molecular complexity index is 1440. The minimum atomic E-state index is -4.61. The Balaban J connectivity index is 1.35. The van der Waals surface area contributed by atoms with Gasteiger partial charge in [0, 0.05) is 56.2 Å². The number of carbonyl (C=O) groups is 1. The molecule has 2 aliphatic rings. The van der Waals surface area contributed by atoms with Crippen LogP contribution in [0.15, 0.2) is 24.4 Å². The summed E-state index contributed by atoms with van der Waals surface area (Å²) in [5.41, 5.74) is 1.07. The Morgan fingerprint density at radius 2 is 1.89 bits per heavy atom. The fourth-order valence-corrected chi connectivity index (χ4v) is 5.38. The highest BCUT2D eigenvalue weighted by Crippen LogP contribution is 2.37. The number of amides is 1. The van der Waals surface area contributed by atoms with Crippen molar-refractivity contribution in [1.82, 2.24) is 24.6 Å². The van der Waals surface area contributed by atoms with Gasteiger partial charge in [-0.3, -0.25) is 9.78 Å². The molecule has 5 rings (SSSR count). The molecule has 0 aliphatic carbocycles. The van der Waals surface area contributed by atoms with E-state index in [2.05, 4.69) is 21.3 Å². The number of fused-ring (bicyclic) bond motifs is 2. The van der Waals surface area contributed by atoms with E-state index < -0.39 is 17.9 Å². The highest BCUT2D eigenvalue weighted by molar-refractivity contribution is 5.95. The number of pyridine rings is 1. The van der Waals surface area contributed by atoms with Crippen LogP contribution in [0.25, 0.3) is 10.9 Å². The van der Waals surface area contributed by atoms with E-state index in [4.69, 9.17) is 0 Å². The molecule has 3 aromatic rings. The molecule has 2 aromatic heterocycles. The molecule has 0 saturated carbocycles. The molecular weight excluding hydrogens is 509 g/mol. The minimum Gasteiger partial charge on any atom is -0.370 e. The zero-order valence-corrected chi connectivity index (χ0v) is 20.6. The maximum atomic E-state index is 13.9. The van der Waals surface area contributed by atoms with Crippen LogP contribution in [0, 0.1) is 23.2 Å². The van der Waals surface area contributed by atoms with Crippen molar-refractivity contribution in [3.63, 3.8) is 0 Å².